The SMILES string of the molecule is CCCCCCC(C)(C)c1ccc(C2CC(=O)CC(C)C2C)c(OCc2ccccc2)c1. The number of ketones is 1. The summed E-state index contributed by atoms with van der Waals surface area (Å²) in [4.78, 5) is 12.5. The van der Waals surface area contributed by atoms with Crippen LogP contribution in [0.25, 0.3) is 0 Å². The molecule has 32 heavy (non-hydrogen) atoms. The van der Waals surface area contributed by atoms with Gasteiger partial charge in [0.05, 0.1) is 0 Å². The van der Waals surface area contributed by atoms with E-state index in [0.717, 1.165) is 5.75 Å². The molecule has 3 unspecified atom stereocenters. The molecule has 1 aliphatic rings. The Labute approximate surface area is 195 Å². The zero-order valence-electron chi connectivity index (χ0n) is 20.8. The van der Waals surface area contributed by atoms with Crippen molar-refractivity contribution >= 4 is 5.78 Å². The van der Waals surface area contributed by atoms with Crippen LogP contribution in [0, 0.1) is 11.8 Å². The second-order valence-corrected chi connectivity index (χ2v) is 10.6. The molecule has 2 heteroatoms. The lowest BCUT2D eigenvalue weighted by atomic mass is 9.69. The van der Waals surface area contributed by atoms with Crippen molar-refractivity contribution in [2.45, 2.75) is 97.5 Å². The first-order chi connectivity index (χ1) is 15.3. The minimum atomic E-state index is 0.110. The van der Waals surface area contributed by atoms with Crippen molar-refractivity contribution in [1.29, 1.82) is 0 Å². The summed E-state index contributed by atoms with van der Waals surface area (Å²) in [6.45, 7) is 12.0. The third kappa shape index (κ3) is 6.24. The maximum Gasteiger partial charge on any atom is 0.133 e. The maximum atomic E-state index is 12.5. The molecule has 0 amide bonds. The highest BCUT2D eigenvalue weighted by Gasteiger charge is 2.34. The van der Waals surface area contributed by atoms with Gasteiger partial charge in [-0.3, -0.25) is 4.79 Å². The molecule has 0 saturated heterocycles. The average Bonchev–Trinajstić information content (AvgIpc) is 2.78. The van der Waals surface area contributed by atoms with Gasteiger partial charge in [-0.2, -0.15) is 0 Å². The normalized spacial score (nSPS) is 21.5. The number of carbonyl (C=O) groups excluding carboxylic acids is 1. The molecule has 3 rings (SSSR count). The largest absolute Gasteiger partial charge is 0.489 e. The molecule has 0 spiro atoms. The van der Waals surface area contributed by atoms with Crippen molar-refractivity contribution in [3.05, 3.63) is 65.2 Å². The molecule has 174 valence electrons. The summed E-state index contributed by atoms with van der Waals surface area (Å²) in [5, 5.41) is 0. The van der Waals surface area contributed by atoms with Gasteiger partial charge in [-0.15, -0.1) is 0 Å². The van der Waals surface area contributed by atoms with Crippen LogP contribution in [0.5, 0.6) is 5.75 Å². The second-order valence-electron chi connectivity index (χ2n) is 10.6. The Morgan fingerprint density at radius 1 is 0.969 bits per heavy atom. The molecule has 3 atom stereocenters. The Bertz CT molecular complexity index is 868. The molecule has 0 N–H and O–H groups in total. The van der Waals surface area contributed by atoms with Crippen LogP contribution in [0.3, 0.4) is 0 Å². The molecule has 0 radical (unpaired) electrons. The summed E-state index contributed by atoms with van der Waals surface area (Å²) in [6.07, 6.45) is 7.66. The lowest BCUT2D eigenvalue weighted by Crippen LogP contribution is -2.28. The predicted molar refractivity (Wildman–Crippen MR) is 134 cm³/mol. The number of rotatable bonds is 10. The van der Waals surface area contributed by atoms with E-state index in [-0.39, 0.29) is 11.3 Å². The average molecular weight is 435 g/mol. The fraction of sp³-hybridized carbons (Fsp3) is 0.567. The molecular weight excluding hydrogens is 392 g/mol. The first-order valence-corrected chi connectivity index (χ1v) is 12.6. The highest BCUT2D eigenvalue weighted by molar-refractivity contribution is 5.80. The van der Waals surface area contributed by atoms with Gasteiger partial charge in [0.25, 0.3) is 0 Å². The monoisotopic (exact) mass is 434 g/mol. The van der Waals surface area contributed by atoms with E-state index in [2.05, 4.69) is 77.1 Å². The standard InChI is InChI=1S/C30H42O2/c1-6-7-8-12-17-30(4,5)25-15-16-27(28-20-26(31)18-22(2)23(28)3)29(19-25)32-21-24-13-10-9-11-14-24/h9-11,13-16,19,22-23,28H,6-8,12,17-18,20-21H2,1-5H3. The quantitative estimate of drug-likeness (QED) is 0.352. The van der Waals surface area contributed by atoms with Crippen LogP contribution in [-0.4, -0.2) is 5.78 Å². The topological polar surface area (TPSA) is 26.3 Å². The van der Waals surface area contributed by atoms with E-state index in [1.807, 2.05) is 6.07 Å². The Balaban J connectivity index is 1.89. The van der Waals surface area contributed by atoms with Gasteiger partial charge in [0, 0.05) is 12.8 Å². The van der Waals surface area contributed by atoms with E-state index in [1.165, 1.54) is 48.8 Å². The number of hydrogen-bond donors (Lipinski definition) is 0. The van der Waals surface area contributed by atoms with Gasteiger partial charge < -0.3 is 4.74 Å². The number of Topliss-reactive ketones (excluding diaryl/α,β-unsaturated/α-hetero) is 1. The number of carbonyl (C=O) groups is 1. The zero-order valence-corrected chi connectivity index (χ0v) is 20.8. The number of hydrogen-bond acceptors (Lipinski definition) is 2. The fourth-order valence-corrected chi connectivity index (χ4v) is 5.11. The van der Waals surface area contributed by atoms with Gasteiger partial charge in [0.2, 0.25) is 0 Å². The molecule has 1 aliphatic carbocycles. The molecule has 1 fully saturated rings. The van der Waals surface area contributed by atoms with Crippen molar-refractivity contribution in [2.75, 3.05) is 0 Å². The number of benzene rings is 2. The Kier molecular flexibility index (Phi) is 8.57. The highest BCUT2D eigenvalue weighted by Crippen LogP contribution is 2.44. The summed E-state index contributed by atoms with van der Waals surface area (Å²) in [5.41, 5.74) is 3.82. The van der Waals surface area contributed by atoms with Crippen molar-refractivity contribution in [2.24, 2.45) is 11.8 Å². The van der Waals surface area contributed by atoms with E-state index in [1.54, 1.807) is 0 Å². The van der Waals surface area contributed by atoms with Crippen LogP contribution in [0.15, 0.2) is 48.5 Å². The first-order valence-electron chi connectivity index (χ1n) is 12.6. The second kappa shape index (κ2) is 11.2. The molecule has 0 aromatic heterocycles. The van der Waals surface area contributed by atoms with E-state index < -0.39 is 0 Å². The van der Waals surface area contributed by atoms with Crippen molar-refractivity contribution in [1.82, 2.24) is 0 Å². The number of ether oxygens (including phenoxy) is 1. The molecule has 1 saturated carbocycles. The van der Waals surface area contributed by atoms with Crippen molar-refractivity contribution in [3.63, 3.8) is 0 Å². The Hall–Kier alpha value is -2.09. The van der Waals surface area contributed by atoms with Gasteiger partial charge in [-0.1, -0.05) is 103 Å². The molecule has 2 aromatic rings. The third-order valence-corrected chi connectivity index (χ3v) is 7.62. The molecule has 0 heterocycles. The van der Waals surface area contributed by atoms with Crippen LogP contribution in [0.4, 0.5) is 0 Å². The van der Waals surface area contributed by atoms with E-state index in [0.29, 0.717) is 37.1 Å². The van der Waals surface area contributed by atoms with Crippen LogP contribution in [-0.2, 0) is 16.8 Å². The summed E-state index contributed by atoms with van der Waals surface area (Å²) in [5.74, 6) is 2.47. The minimum absolute atomic E-state index is 0.110. The van der Waals surface area contributed by atoms with Gasteiger partial charge in [-0.25, -0.2) is 0 Å². The van der Waals surface area contributed by atoms with Gasteiger partial charge in [-0.05, 0) is 52.3 Å². The summed E-state index contributed by atoms with van der Waals surface area (Å²) < 4.78 is 6.46. The molecule has 2 nitrogen and oxygen atoms in total. The first kappa shape index (κ1) is 24.6. The minimum Gasteiger partial charge on any atom is -0.489 e. The van der Waals surface area contributed by atoms with Gasteiger partial charge in [0.1, 0.15) is 18.1 Å². The maximum absolute atomic E-state index is 12.5. The molecular formula is C30H42O2. The van der Waals surface area contributed by atoms with E-state index in [4.69, 9.17) is 4.74 Å². The van der Waals surface area contributed by atoms with Gasteiger partial charge >= 0.3 is 0 Å². The Morgan fingerprint density at radius 2 is 1.72 bits per heavy atom. The molecule has 0 bridgehead atoms. The van der Waals surface area contributed by atoms with Gasteiger partial charge in [0.15, 0.2) is 0 Å². The predicted octanol–water partition coefficient (Wildman–Crippen LogP) is 8.23. The van der Waals surface area contributed by atoms with E-state index >= 15 is 0 Å². The molecule has 0 aliphatic heterocycles. The summed E-state index contributed by atoms with van der Waals surface area (Å²) >= 11 is 0. The Morgan fingerprint density at radius 3 is 2.44 bits per heavy atom. The lowest BCUT2D eigenvalue weighted by Gasteiger charge is -2.35. The summed E-state index contributed by atoms with van der Waals surface area (Å²) in [6, 6.07) is 17.2. The third-order valence-electron chi connectivity index (χ3n) is 7.62. The molecule has 2 aromatic carbocycles. The fourth-order valence-electron chi connectivity index (χ4n) is 5.11. The summed E-state index contributed by atoms with van der Waals surface area (Å²) in [7, 11) is 0. The van der Waals surface area contributed by atoms with Crippen molar-refractivity contribution < 1.29 is 9.53 Å². The number of unbranched alkanes of at least 4 members (excludes halogenated alkanes) is 3. The van der Waals surface area contributed by atoms with Crippen molar-refractivity contribution in [3.8, 4) is 5.75 Å². The van der Waals surface area contributed by atoms with Crippen LogP contribution in [0.2, 0.25) is 0 Å². The lowest BCUT2D eigenvalue weighted by molar-refractivity contribution is -0.123. The smallest absolute Gasteiger partial charge is 0.133 e. The van der Waals surface area contributed by atoms with E-state index in [9.17, 15) is 4.79 Å². The zero-order chi connectivity index (χ0) is 23.1. The van der Waals surface area contributed by atoms with Crippen LogP contribution >= 0.6 is 0 Å². The van der Waals surface area contributed by atoms with Crippen LogP contribution in [0.1, 0.15) is 102 Å². The van der Waals surface area contributed by atoms with Crippen LogP contribution < -0.4 is 4.74 Å². The highest BCUT2D eigenvalue weighted by atomic mass is 16.5.